The van der Waals surface area contributed by atoms with Crippen molar-refractivity contribution in [2.24, 2.45) is 41.4 Å². The molecule has 13 nitrogen and oxygen atoms in total. The molecule has 15 atom stereocenters. The second-order valence-electron chi connectivity index (χ2n) is 19.7. The third-order valence-electron chi connectivity index (χ3n) is 14.3. The minimum Gasteiger partial charge on any atom is -0.460 e. The molecule has 0 aromatic rings. The van der Waals surface area contributed by atoms with Gasteiger partial charge in [0.25, 0.3) is 11.7 Å². The number of ketones is 3. The maximum Gasteiger partial charge on any atom is 0.329 e. The standard InChI is InChI=1S/C51H79NO12/c1-30-14-15-31(2)18-21-39-22-19-37(8)51(60,64-39)48(57)49(58)52-24-12-11-13-40(52)50(59)63-43(34(5)27-38-20-23-41(53)44(28-38)61-9)29-42(54)33(4)26-36(7)46(56)47(62-10)45(55)35(6)25-32(3)17-16-30/h14-18,26,30,32-35,37-41,43-44,46-47,53,56,60H,11-13,19-25,27-29H2,1-10H3/b15-14+,17-16+,31-18+,36-26+/t30?,32-,33-,34+,35-,37-,38?,39?,40?,41+,43+,44-,46-,47+,51-/m1/s1. The molecular weight excluding hydrogens is 819 g/mol. The summed E-state index contributed by atoms with van der Waals surface area (Å²) in [6, 6.07) is -1.12. The number of amides is 1. The number of rotatable bonds is 5. The van der Waals surface area contributed by atoms with Gasteiger partial charge in [0, 0.05) is 44.9 Å². The number of allylic oxidation sites excluding steroid dienone is 6. The number of carbonyl (C=O) groups excluding carboxylic acids is 5. The summed E-state index contributed by atoms with van der Waals surface area (Å²) >= 11 is 0. The Morgan fingerprint density at radius 2 is 1.61 bits per heavy atom. The van der Waals surface area contributed by atoms with Crippen LogP contribution in [0.15, 0.2) is 47.6 Å². The van der Waals surface area contributed by atoms with Crippen molar-refractivity contribution in [1.82, 2.24) is 4.90 Å². The highest BCUT2D eigenvalue weighted by atomic mass is 16.6. The molecule has 3 heterocycles. The Hall–Kier alpha value is -3.33. The van der Waals surface area contributed by atoms with Gasteiger partial charge in [-0.2, -0.15) is 0 Å². The summed E-state index contributed by atoms with van der Waals surface area (Å²) in [6.07, 6.45) is 12.7. The number of esters is 1. The van der Waals surface area contributed by atoms with Crippen LogP contribution in [0.2, 0.25) is 0 Å². The van der Waals surface area contributed by atoms with Gasteiger partial charge in [-0.1, -0.05) is 83.6 Å². The van der Waals surface area contributed by atoms with Crippen molar-refractivity contribution in [3.63, 3.8) is 0 Å². The van der Waals surface area contributed by atoms with Crippen LogP contribution in [-0.4, -0.2) is 119 Å². The van der Waals surface area contributed by atoms with Crippen molar-refractivity contribution in [3.8, 4) is 0 Å². The molecule has 1 amide bonds. The Morgan fingerprint density at radius 1 is 0.891 bits per heavy atom. The van der Waals surface area contributed by atoms with Crippen molar-refractivity contribution < 1.29 is 58.2 Å². The lowest BCUT2D eigenvalue weighted by Gasteiger charge is -2.42. The summed E-state index contributed by atoms with van der Waals surface area (Å²) in [4.78, 5) is 71.6. The number of piperidine rings is 1. The summed E-state index contributed by atoms with van der Waals surface area (Å²) in [5.74, 6) is -7.61. The molecule has 0 spiro atoms. The van der Waals surface area contributed by atoms with Crippen molar-refractivity contribution in [1.29, 1.82) is 0 Å². The third kappa shape index (κ3) is 14.1. The molecule has 2 saturated heterocycles. The molecule has 0 radical (unpaired) electrons. The number of ether oxygens (including phenoxy) is 4. The SMILES string of the molecule is CO[C@@H]1CC(C[C@H](C)[C@@H]2CC(=O)[C@H](C)/C=C(\C)[C@@H](O)[C@@H](OC)C(=O)[C@H](C)C[C@H](C)/C=C/C(C)/C=C/C(C)=C/CC3CC[C@@H](C)[C@@](O)(O3)C(=O)C(=O)N3CCCCC3C(=O)O2)CC[C@@H]1O. The fourth-order valence-electron chi connectivity index (χ4n) is 9.90. The van der Waals surface area contributed by atoms with E-state index in [-0.39, 0.29) is 60.7 Å². The molecule has 3 fully saturated rings. The smallest absolute Gasteiger partial charge is 0.329 e. The number of cyclic esters (lactones) is 1. The van der Waals surface area contributed by atoms with Gasteiger partial charge >= 0.3 is 5.97 Å². The van der Waals surface area contributed by atoms with Crippen LogP contribution in [0.3, 0.4) is 0 Å². The Labute approximate surface area is 382 Å². The predicted octanol–water partition coefficient (Wildman–Crippen LogP) is 6.80. The average molecular weight is 898 g/mol. The monoisotopic (exact) mass is 898 g/mol. The van der Waals surface area contributed by atoms with Gasteiger partial charge in [0.15, 0.2) is 5.78 Å². The lowest BCUT2D eigenvalue weighted by molar-refractivity contribution is -0.262. The highest BCUT2D eigenvalue weighted by Crippen LogP contribution is 2.37. The molecule has 4 unspecified atom stereocenters. The molecule has 0 aromatic carbocycles. The largest absolute Gasteiger partial charge is 0.460 e. The van der Waals surface area contributed by atoms with Gasteiger partial charge in [-0.05, 0) is 114 Å². The molecule has 3 N–H and O–H groups in total. The first-order valence-corrected chi connectivity index (χ1v) is 23.9. The third-order valence-corrected chi connectivity index (χ3v) is 14.3. The molecule has 64 heavy (non-hydrogen) atoms. The van der Waals surface area contributed by atoms with Crippen molar-refractivity contribution in [2.75, 3.05) is 20.8 Å². The van der Waals surface area contributed by atoms with E-state index in [0.717, 1.165) is 12.0 Å². The van der Waals surface area contributed by atoms with Crippen LogP contribution < -0.4 is 0 Å². The van der Waals surface area contributed by atoms with Gasteiger partial charge in [-0.25, -0.2) is 4.79 Å². The van der Waals surface area contributed by atoms with Crippen molar-refractivity contribution in [3.05, 3.63) is 47.6 Å². The number of fused-ring (bicyclic) bond motifs is 3. The summed E-state index contributed by atoms with van der Waals surface area (Å²) in [5, 5.41) is 33.7. The summed E-state index contributed by atoms with van der Waals surface area (Å²) < 4.78 is 23.5. The summed E-state index contributed by atoms with van der Waals surface area (Å²) in [7, 11) is 2.96. The highest BCUT2D eigenvalue weighted by molar-refractivity contribution is 6.39. The Morgan fingerprint density at radius 3 is 2.30 bits per heavy atom. The molecule has 2 bridgehead atoms. The van der Waals surface area contributed by atoms with E-state index in [9.17, 15) is 39.3 Å². The van der Waals surface area contributed by atoms with Gasteiger partial charge in [-0.15, -0.1) is 0 Å². The zero-order valence-corrected chi connectivity index (χ0v) is 40.2. The Balaban J connectivity index is 1.69. The van der Waals surface area contributed by atoms with Gasteiger partial charge in [0.05, 0.1) is 18.3 Å². The quantitative estimate of drug-likeness (QED) is 0.149. The number of Topliss-reactive ketones (excluding diaryl/α,β-unsaturated/α-hetero) is 3. The fraction of sp³-hybridized carbons (Fsp3) is 0.745. The number of aliphatic hydroxyl groups excluding tert-OH is 2. The van der Waals surface area contributed by atoms with Crippen LogP contribution in [0.1, 0.15) is 132 Å². The molecule has 13 heteroatoms. The van der Waals surface area contributed by atoms with Gasteiger partial charge in [-0.3, -0.25) is 19.2 Å². The van der Waals surface area contributed by atoms with E-state index in [0.29, 0.717) is 63.4 Å². The first-order chi connectivity index (χ1) is 30.2. The van der Waals surface area contributed by atoms with Crippen LogP contribution in [-0.2, 0) is 42.9 Å². The number of hydrogen-bond donors (Lipinski definition) is 3. The topological polar surface area (TPSA) is 186 Å². The zero-order chi connectivity index (χ0) is 47.5. The van der Waals surface area contributed by atoms with Crippen molar-refractivity contribution >= 4 is 29.2 Å². The minimum absolute atomic E-state index is 0.0573. The van der Waals surface area contributed by atoms with Crippen LogP contribution in [0.25, 0.3) is 0 Å². The summed E-state index contributed by atoms with van der Waals surface area (Å²) in [5.41, 5.74) is 1.36. The molecule has 0 aromatic heterocycles. The second-order valence-corrected chi connectivity index (χ2v) is 19.7. The van der Waals surface area contributed by atoms with Gasteiger partial charge < -0.3 is 39.2 Å². The molecule has 1 aliphatic carbocycles. The first kappa shape index (κ1) is 53.3. The number of nitrogens with zero attached hydrogens (tertiary/aromatic N) is 1. The number of methoxy groups -OCH3 is 2. The number of aliphatic hydroxyl groups is 3. The maximum atomic E-state index is 14.3. The molecular formula is C51H79NO12. The van der Waals surface area contributed by atoms with E-state index in [4.69, 9.17) is 18.9 Å². The van der Waals surface area contributed by atoms with E-state index in [1.165, 1.54) is 12.0 Å². The lowest BCUT2D eigenvalue weighted by Crippen LogP contribution is -2.60. The van der Waals surface area contributed by atoms with Crippen LogP contribution >= 0.6 is 0 Å². The van der Waals surface area contributed by atoms with Gasteiger partial charge in [0.2, 0.25) is 5.79 Å². The van der Waals surface area contributed by atoms with E-state index in [2.05, 4.69) is 25.2 Å². The van der Waals surface area contributed by atoms with Gasteiger partial charge in [0.1, 0.15) is 30.1 Å². The van der Waals surface area contributed by atoms with E-state index >= 15 is 0 Å². The first-order valence-electron chi connectivity index (χ1n) is 23.9. The molecule has 1 saturated carbocycles. The van der Waals surface area contributed by atoms with Crippen LogP contribution in [0, 0.1) is 41.4 Å². The normalized spacial score (nSPS) is 40.9. The van der Waals surface area contributed by atoms with E-state index in [1.807, 2.05) is 39.8 Å². The Bertz CT molecular complexity index is 1740. The molecule has 4 rings (SSSR count). The second kappa shape index (κ2) is 24.4. The average Bonchev–Trinajstić information content (AvgIpc) is 3.27. The lowest BCUT2D eigenvalue weighted by atomic mass is 9.78. The predicted molar refractivity (Wildman–Crippen MR) is 244 cm³/mol. The summed E-state index contributed by atoms with van der Waals surface area (Å²) in [6.45, 7) is 15.0. The number of hydrogen-bond acceptors (Lipinski definition) is 12. The molecule has 4 aliphatic rings. The highest BCUT2D eigenvalue weighted by Gasteiger charge is 2.52. The van der Waals surface area contributed by atoms with E-state index < -0.39 is 77.8 Å². The molecule has 3 aliphatic heterocycles. The minimum atomic E-state index is -2.38. The fourth-order valence-corrected chi connectivity index (χ4v) is 9.90. The number of carbonyl (C=O) groups is 5. The van der Waals surface area contributed by atoms with Crippen LogP contribution in [0.4, 0.5) is 0 Å². The van der Waals surface area contributed by atoms with E-state index in [1.54, 1.807) is 34.0 Å². The maximum absolute atomic E-state index is 14.3. The molecule has 360 valence electrons. The van der Waals surface area contributed by atoms with Crippen LogP contribution in [0.5, 0.6) is 0 Å². The zero-order valence-electron chi connectivity index (χ0n) is 40.2. The Kier molecular flexibility index (Phi) is 20.4. The van der Waals surface area contributed by atoms with Crippen molar-refractivity contribution in [2.45, 2.75) is 181 Å².